The minimum Gasteiger partial charge on any atom is -0.497 e. The van der Waals surface area contributed by atoms with Crippen LogP contribution in [0, 0.1) is 18.8 Å². The molecular formula is C26H33NO5. The number of aryl methyl sites for hydroxylation is 1. The van der Waals surface area contributed by atoms with Crippen molar-refractivity contribution in [2.45, 2.75) is 39.5 Å². The predicted octanol–water partition coefficient (Wildman–Crippen LogP) is 4.46. The first-order valence-electron chi connectivity index (χ1n) is 10.9. The van der Waals surface area contributed by atoms with E-state index in [0.717, 1.165) is 41.3 Å². The van der Waals surface area contributed by atoms with Gasteiger partial charge in [0.2, 0.25) is 5.91 Å². The maximum Gasteiger partial charge on any atom is 0.373 e. The smallest absolute Gasteiger partial charge is 0.373 e. The predicted molar refractivity (Wildman–Crippen MR) is 122 cm³/mol. The lowest BCUT2D eigenvalue weighted by Gasteiger charge is -2.36. The number of likely N-dealkylation sites (tertiary alicyclic amines) is 1. The lowest BCUT2D eigenvalue weighted by atomic mass is 9.84. The third-order valence-electron chi connectivity index (χ3n) is 5.93. The van der Waals surface area contributed by atoms with E-state index in [1.165, 1.54) is 6.42 Å². The van der Waals surface area contributed by atoms with Crippen molar-refractivity contribution >= 4 is 12.1 Å². The van der Waals surface area contributed by atoms with Crippen LogP contribution in [-0.4, -0.2) is 44.3 Å². The Labute approximate surface area is 190 Å². The van der Waals surface area contributed by atoms with Crippen LogP contribution >= 0.6 is 0 Å². The standard InChI is InChI=1S/C25H33NO3.CO2/c1-17-11-18(2)16-26(15-17)24(27)14-22(20-9-7-6-8-10-20)25-19(3)12-21(28-4)13-23(25)29-5;2-1-3/h6-10,12-13,17-18,22H,11,14-16H2,1-5H3;/t17-,18+,22?;. The summed E-state index contributed by atoms with van der Waals surface area (Å²) in [7, 11) is 3.33. The van der Waals surface area contributed by atoms with Crippen molar-refractivity contribution in [2.24, 2.45) is 11.8 Å². The number of methoxy groups -OCH3 is 2. The van der Waals surface area contributed by atoms with Crippen LogP contribution < -0.4 is 9.47 Å². The highest BCUT2D eigenvalue weighted by atomic mass is 16.5. The summed E-state index contributed by atoms with van der Waals surface area (Å²) in [6, 6.07) is 14.2. The summed E-state index contributed by atoms with van der Waals surface area (Å²) in [4.78, 5) is 31.6. The van der Waals surface area contributed by atoms with E-state index < -0.39 is 0 Å². The minimum atomic E-state index is -0.0582. The Bertz CT molecular complexity index is 911. The van der Waals surface area contributed by atoms with E-state index in [-0.39, 0.29) is 18.0 Å². The van der Waals surface area contributed by atoms with Crippen molar-refractivity contribution in [1.82, 2.24) is 4.90 Å². The molecular weight excluding hydrogens is 406 g/mol. The maximum atomic E-state index is 13.3. The third kappa shape index (κ3) is 6.44. The number of carbonyl (C=O) groups excluding carboxylic acids is 3. The summed E-state index contributed by atoms with van der Waals surface area (Å²) in [5, 5.41) is 0. The van der Waals surface area contributed by atoms with Gasteiger partial charge in [0.1, 0.15) is 11.5 Å². The first-order valence-corrected chi connectivity index (χ1v) is 10.9. The Morgan fingerprint density at radius 3 is 2.19 bits per heavy atom. The summed E-state index contributed by atoms with van der Waals surface area (Å²) >= 11 is 0. The topological polar surface area (TPSA) is 72.9 Å². The molecule has 1 unspecified atom stereocenters. The van der Waals surface area contributed by atoms with Crippen LogP contribution in [0.3, 0.4) is 0 Å². The van der Waals surface area contributed by atoms with Gasteiger partial charge in [-0.25, -0.2) is 0 Å². The quantitative estimate of drug-likeness (QED) is 0.665. The van der Waals surface area contributed by atoms with E-state index in [2.05, 4.69) is 37.8 Å². The molecule has 6 nitrogen and oxygen atoms in total. The van der Waals surface area contributed by atoms with Crippen molar-refractivity contribution in [2.75, 3.05) is 27.3 Å². The molecule has 0 saturated carbocycles. The Morgan fingerprint density at radius 1 is 1.06 bits per heavy atom. The second kappa shape index (κ2) is 12.1. The first-order chi connectivity index (χ1) is 15.3. The fraction of sp³-hybridized carbons (Fsp3) is 0.462. The average molecular weight is 440 g/mol. The van der Waals surface area contributed by atoms with Crippen molar-refractivity contribution in [3.05, 3.63) is 59.2 Å². The van der Waals surface area contributed by atoms with Gasteiger partial charge in [0.05, 0.1) is 14.2 Å². The van der Waals surface area contributed by atoms with E-state index >= 15 is 0 Å². The molecule has 3 atom stereocenters. The molecule has 1 amide bonds. The van der Waals surface area contributed by atoms with Gasteiger partial charge in [-0.3, -0.25) is 4.79 Å². The molecule has 0 bridgehead atoms. The van der Waals surface area contributed by atoms with Crippen molar-refractivity contribution in [3.8, 4) is 11.5 Å². The Hall–Kier alpha value is -3.11. The number of ether oxygens (including phenoxy) is 2. The number of amides is 1. The second-order valence-corrected chi connectivity index (χ2v) is 8.56. The molecule has 0 aliphatic carbocycles. The molecule has 1 aliphatic rings. The van der Waals surface area contributed by atoms with Crippen LogP contribution in [0.5, 0.6) is 11.5 Å². The molecule has 1 fully saturated rings. The zero-order valence-corrected chi connectivity index (χ0v) is 19.6. The van der Waals surface area contributed by atoms with Gasteiger partial charge < -0.3 is 14.4 Å². The minimum absolute atomic E-state index is 0.0582. The molecule has 6 heteroatoms. The zero-order chi connectivity index (χ0) is 23.7. The van der Waals surface area contributed by atoms with Gasteiger partial charge in [0.25, 0.3) is 0 Å². The fourth-order valence-corrected chi connectivity index (χ4v) is 4.71. The molecule has 1 aliphatic heterocycles. The SMILES string of the molecule is COc1cc(C)c(C(CC(=O)N2C[C@H](C)C[C@H](C)C2)c2ccccc2)c(OC)c1.O=C=O. The molecule has 2 aromatic carbocycles. The van der Waals surface area contributed by atoms with Gasteiger partial charge in [0.15, 0.2) is 0 Å². The van der Waals surface area contributed by atoms with Crippen LogP contribution in [0.15, 0.2) is 42.5 Å². The molecule has 1 saturated heterocycles. The second-order valence-electron chi connectivity index (χ2n) is 8.56. The lowest BCUT2D eigenvalue weighted by Crippen LogP contribution is -2.43. The number of piperidine rings is 1. The van der Waals surface area contributed by atoms with Crippen LogP contribution in [0.1, 0.15) is 49.3 Å². The van der Waals surface area contributed by atoms with Gasteiger partial charge in [-0.1, -0.05) is 44.2 Å². The van der Waals surface area contributed by atoms with E-state index in [1.807, 2.05) is 30.3 Å². The molecule has 0 radical (unpaired) electrons. The van der Waals surface area contributed by atoms with Crippen molar-refractivity contribution < 1.29 is 23.9 Å². The van der Waals surface area contributed by atoms with E-state index in [1.54, 1.807) is 14.2 Å². The molecule has 0 N–H and O–H groups in total. The van der Waals surface area contributed by atoms with E-state index in [0.29, 0.717) is 18.3 Å². The largest absolute Gasteiger partial charge is 0.497 e. The van der Waals surface area contributed by atoms with Gasteiger partial charge in [-0.15, -0.1) is 0 Å². The average Bonchev–Trinajstić information content (AvgIpc) is 2.77. The summed E-state index contributed by atoms with van der Waals surface area (Å²) < 4.78 is 11.2. The number of carbonyl (C=O) groups is 1. The normalized spacial score (nSPS) is 18.6. The monoisotopic (exact) mass is 439 g/mol. The summed E-state index contributed by atoms with van der Waals surface area (Å²) in [5.41, 5.74) is 3.26. The van der Waals surface area contributed by atoms with Crippen LogP contribution in [-0.2, 0) is 14.4 Å². The molecule has 32 heavy (non-hydrogen) atoms. The maximum absolute atomic E-state index is 13.3. The third-order valence-corrected chi connectivity index (χ3v) is 5.93. The van der Waals surface area contributed by atoms with Gasteiger partial charge in [0, 0.05) is 37.1 Å². The highest BCUT2D eigenvalue weighted by molar-refractivity contribution is 5.78. The molecule has 0 spiro atoms. The van der Waals surface area contributed by atoms with Crippen LogP contribution in [0.2, 0.25) is 0 Å². The van der Waals surface area contributed by atoms with Gasteiger partial charge in [-0.2, -0.15) is 9.59 Å². The van der Waals surface area contributed by atoms with Crippen molar-refractivity contribution in [3.63, 3.8) is 0 Å². The zero-order valence-electron chi connectivity index (χ0n) is 19.6. The molecule has 3 rings (SSSR count). The Kier molecular flexibility index (Phi) is 9.48. The molecule has 0 aromatic heterocycles. The van der Waals surface area contributed by atoms with Gasteiger partial charge in [-0.05, 0) is 42.4 Å². The summed E-state index contributed by atoms with van der Waals surface area (Å²) in [6.45, 7) is 8.24. The molecule has 2 aromatic rings. The van der Waals surface area contributed by atoms with E-state index in [9.17, 15) is 4.79 Å². The van der Waals surface area contributed by atoms with Crippen LogP contribution in [0.25, 0.3) is 0 Å². The number of rotatable bonds is 6. The molecule has 1 heterocycles. The number of nitrogens with zero attached hydrogens (tertiary/aromatic N) is 1. The van der Waals surface area contributed by atoms with Gasteiger partial charge >= 0.3 is 6.15 Å². The number of hydrogen-bond acceptors (Lipinski definition) is 5. The van der Waals surface area contributed by atoms with E-state index in [4.69, 9.17) is 19.1 Å². The van der Waals surface area contributed by atoms with Crippen molar-refractivity contribution in [1.29, 1.82) is 0 Å². The molecule has 172 valence electrons. The summed E-state index contributed by atoms with van der Waals surface area (Å²) in [5.74, 6) is 2.79. The first kappa shape index (κ1) is 25.2. The lowest BCUT2D eigenvalue weighted by molar-refractivity contribution is -0.191. The summed E-state index contributed by atoms with van der Waals surface area (Å²) in [6.07, 6.45) is 1.88. The Morgan fingerprint density at radius 2 is 1.66 bits per heavy atom. The number of hydrogen-bond donors (Lipinski definition) is 0. The Balaban J connectivity index is 0.00000114. The fourth-order valence-electron chi connectivity index (χ4n) is 4.71. The van der Waals surface area contributed by atoms with Crippen LogP contribution in [0.4, 0.5) is 0 Å². The number of benzene rings is 2. The highest BCUT2D eigenvalue weighted by Crippen LogP contribution is 2.40. The highest BCUT2D eigenvalue weighted by Gasteiger charge is 2.30.